The van der Waals surface area contributed by atoms with Gasteiger partial charge in [0.15, 0.2) is 0 Å². The molecule has 1 heterocycles. The van der Waals surface area contributed by atoms with Crippen LogP contribution in [0.4, 0.5) is 0 Å². The molecule has 108 valence electrons. The fourth-order valence-corrected chi connectivity index (χ4v) is 2.23. The van der Waals surface area contributed by atoms with Gasteiger partial charge in [0.05, 0.1) is 11.6 Å². The van der Waals surface area contributed by atoms with Crippen molar-refractivity contribution in [1.29, 1.82) is 0 Å². The molecule has 0 saturated heterocycles. The van der Waals surface area contributed by atoms with Crippen LogP contribution in [0.2, 0.25) is 10.0 Å². The van der Waals surface area contributed by atoms with E-state index in [4.69, 9.17) is 27.9 Å². The van der Waals surface area contributed by atoms with Gasteiger partial charge in [-0.2, -0.15) is 5.10 Å². The van der Waals surface area contributed by atoms with Crippen molar-refractivity contribution < 1.29 is 9.84 Å². The molecule has 0 aliphatic rings. The Balaban J connectivity index is 1.92. The maximum absolute atomic E-state index is 9.96. The third-order valence-corrected chi connectivity index (χ3v) is 3.20. The second-order valence-corrected chi connectivity index (χ2v) is 5.27. The Hall–Kier alpha value is -1.30. The normalized spacial score (nSPS) is 12.4. The Morgan fingerprint density at radius 2 is 2.10 bits per heavy atom. The topological polar surface area (TPSA) is 60.2 Å². The van der Waals surface area contributed by atoms with Gasteiger partial charge in [-0.3, -0.25) is 0 Å². The summed E-state index contributed by atoms with van der Waals surface area (Å²) in [5.74, 6) is 1.92. The van der Waals surface area contributed by atoms with E-state index in [9.17, 15) is 5.11 Å². The second kappa shape index (κ2) is 6.43. The Bertz CT molecular complexity index is 601. The summed E-state index contributed by atoms with van der Waals surface area (Å²) in [5, 5.41) is 15.1. The van der Waals surface area contributed by atoms with Crippen molar-refractivity contribution in [3.8, 4) is 5.75 Å². The van der Waals surface area contributed by atoms with E-state index in [0.717, 1.165) is 5.82 Å². The first-order valence-corrected chi connectivity index (χ1v) is 6.85. The van der Waals surface area contributed by atoms with E-state index < -0.39 is 6.10 Å². The summed E-state index contributed by atoms with van der Waals surface area (Å²) < 4.78 is 7.12. The van der Waals surface area contributed by atoms with Crippen LogP contribution in [-0.2, 0) is 6.54 Å². The summed E-state index contributed by atoms with van der Waals surface area (Å²) in [6.45, 7) is 4.07. The third kappa shape index (κ3) is 3.85. The summed E-state index contributed by atoms with van der Waals surface area (Å²) in [7, 11) is 0. The van der Waals surface area contributed by atoms with E-state index in [1.807, 2.05) is 6.92 Å². The first kappa shape index (κ1) is 15.1. The lowest BCUT2D eigenvalue weighted by Crippen LogP contribution is -2.24. The number of benzene rings is 1. The van der Waals surface area contributed by atoms with E-state index in [1.165, 1.54) is 0 Å². The quantitative estimate of drug-likeness (QED) is 0.921. The highest BCUT2D eigenvalue weighted by atomic mass is 35.5. The van der Waals surface area contributed by atoms with Crippen LogP contribution in [0, 0.1) is 13.8 Å². The van der Waals surface area contributed by atoms with Crippen molar-refractivity contribution in [1.82, 2.24) is 14.8 Å². The first-order chi connectivity index (χ1) is 9.45. The average molecular weight is 316 g/mol. The molecule has 5 nitrogen and oxygen atoms in total. The van der Waals surface area contributed by atoms with Gasteiger partial charge in [0.2, 0.25) is 0 Å². The number of aliphatic hydroxyl groups is 1. The maximum atomic E-state index is 9.96. The fraction of sp³-hybridized carbons (Fsp3) is 0.385. The molecule has 0 aliphatic carbocycles. The van der Waals surface area contributed by atoms with Gasteiger partial charge in [0.1, 0.15) is 30.1 Å². The Morgan fingerprint density at radius 3 is 2.70 bits per heavy atom. The SMILES string of the molecule is Cc1nc(C)n(C[C@H](O)COc2ccc(Cl)cc2Cl)n1. The number of halogens is 2. The lowest BCUT2D eigenvalue weighted by atomic mass is 10.3. The Kier molecular flexibility index (Phi) is 4.86. The molecule has 1 atom stereocenters. The highest BCUT2D eigenvalue weighted by molar-refractivity contribution is 6.35. The minimum absolute atomic E-state index is 0.111. The molecule has 7 heteroatoms. The van der Waals surface area contributed by atoms with E-state index in [1.54, 1.807) is 29.8 Å². The number of aryl methyl sites for hydroxylation is 2. The van der Waals surface area contributed by atoms with Crippen LogP contribution in [0.1, 0.15) is 11.6 Å². The van der Waals surface area contributed by atoms with Gasteiger partial charge in [0, 0.05) is 5.02 Å². The van der Waals surface area contributed by atoms with Crippen molar-refractivity contribution in [3.63, 3.8) is 0 Å². The summed E-state index contributed by atoms with van der Waals surface area (Å²) in [6, 6.07) is 4.94. The Morgan fingerprint density at radius 1 is 1.35 bits per heavy atom. The van der Waals surface area contributed by atoms with Crippen LogP contribution < -0.4 is 4.74 Å². The molecule has 1 aromatic carbocycles. The molecule has 0 fully saturated rings. The highest BCUT2D eigenvalue weighted by Gasteiger charge is 2.11. The molecular weight excluding hydrogens is 301 g/mol. The van der Waals surface area contributed by atoms with Gasteiger partial charge < -0.3 is 9.84 Å². The smallest absolute Gasteiger partial charge is 0.147 e. The molecule has 0 spiro atoms. The number of hydrogen-bond acceptors (Lipinski definition) is 4. The van der Waals surface area contributed by atoms with Crippen molar-refractivity contribution in [2.24, 2.45) is 0 Å². The maximum Gasteiger partial charge on any atom is 0.147 e. The van der Waals surface area contributed by atoms with E-state index in [2.05, 4.69) is 10.1 Å². The average Bonchev–Trinajstić information content (AvgIpc) is 2.66. The monoisotopic (exact) mass is 315 g/mol. The molecule has 0 amide bonds. The van der Waals surface area contributed by atoms with Crippen LogP contribution in [0.5, 0.6) is 5.75 Å². The summed E-state index contributed by atoms with van der Waals surface area (Å²) in [6.07, 6.45) is -0.707. The minimum Gasteiger partial charge on any atom is -0.489 e. The van der Waals surface area contributed by atoms with Crippen LogP contribution >= 0.6 is 23.2 Å². The number of hydrogen-bond donors (Lipinski definition) is 1. The summed E-state index contributed by atoms with van der Waals surface area (Å²) in [5.41, 5.74) is 0. The molecular formula is C13H15Cl2N3O2. The van der Waals surface area contributed by atoms with E-state index in [-0.39, 0.29) is 6.61 Å². The molecule has 0 radical (unpaired) electrons. The van der Waals surface area contributed by atoms with Gasteiger partial charge in [-0.1, -0.05) is 23.2 Å². The molecule has 0 unspecified atom stereocenters. The van der Waals surface area contributed by atoms with Gasteiger partial charge in [0.25, 0.3) is 0 Å². The molecule has 1 aromatic heterocycles. The molecule has 1 N–H and O–H groups in total. The second-order valence-electron chi connectivity index (χ2n) is 4.43. The number of ether oxygens (including phenoxy) is 1. The number of rotatable bonds is 5. The molecule has 2 aromatic rings. The highest BCUT2D eigenvalue weighted by Crippen LogP contribution is 2.27. The van der Waals surface area contributed by atoms with Crippen molar-refractivity contribution in [3.05, 3.63) is 39.9 Å². The number of aliphatic hydroxyl groups excluding tert-OH is 1. The lowest BCUT2D eigenvalue weighted by molar-refractivity contribution is 0.0886. The standard InChI is InChI=1S/C13H15Cl2N3O2/c1-8-16-9(2)18(17-8)6-11(19)7-20-13-4-3-10(14)5-12(13)15/h3-5,11,19H,6-7H2,1-2H3/t11-/m0/s1. The van der Waals surface area contributed by atoms with E-state index in [0.29, 0.717) is 28.2 Å². The van der Waals surface area contributed by atoms with Gasteiger partial charge in [-0.05, 0) is 32.0 Å². The molecule has 0 aliphatic heterocycles. The minimum atomic E-state index is -0.707. The fourth-order valence-electron chi connectivity index (χ4n) is 1.76. The zero-order valence-corrected chi connectivity index (χ0v) is 12.7. The molecule has 20 heavy (non-hydrogen) atoms. The van der Waals surface area contributed by atoms with Crippen molar-refractivity contribution in [2.75, 3.05) is 6.61 Å². The van der Waals surface area contributed by atoms with Crippen molar-refractivity contribution >= 4 is 23.2 Å². The zero-order valence-electron chi connectivity index (χ0n) is 11.2. The van der Waals surface area contributed by atoms with Crippen LogP contribution in [0.15, 0.2) is 18.2 Å². The Labute approximate surface area is 127 Å². The molecule has 2 rings (SSSR count). The third-order valence-electron chi connectivity index (χ3n) is 2.67. The number of nitrogens with zero attached hydrogens (tertiary/aromatic N) is 3. The first-order valence-electron chi connectivity index (χ1n) is 6.09. The van der Waals surface area contributed by atoms with Crippen LogP contribution in [0.25, 0.3) is 0 Å². The summed E-state index contributed by atoms with van der Waals surface area (Å²) >= 11 is 11.8. The lowest BCUT2D eigenvalue weighted by Gasteiger charge is -2.13. The van der Waals surface area contributed by atoms with Crippen molar-refractivity contribution in [2.45, 2.75) is 26.5 Å². The van der Waals surface area contributed by atoms with E-state index >= 15 is 0 Å². The predicted molar refractivity (Wildman–Crippen MR) is 77.5 cm³/mol. The van der Waals surface area contributed by atoms with Gasteiger partial charge in [-0.25, -0.2) is 9.67 Å². The predicted octanol–water partition coefficient (Wildman–Crippen LogP) is 2.64. The van der Waals surface area contributed by atoms with Gasteiger partial charge in [-0.15, -0.1) is 0 Å². The van der Waals surface area contributed by atoms with Crippen LogP contribution in [0.3, 0.4) is 0 Å². The zero-order chi connectivity index (χ0) is 14.7. The molecule has 0 saturated carbocycles. The van der Waals surface area contributed by atoms with Gasteiger partial charge >= 0.3 is 0 Å². The summed E-state index contributed by atoms with van der Waals surface area (Å²) in [4.78, 5) is 4.17. The largest absolute Gasteiger partial charge is 0.489 e. The van der Waals surface area contributed by atoms with Crippen LogP contribution in [-0.4, -0.2) is 32.6 Å². The number of aromatic nitrogens is 3. The molecule has 0 bridgehead atoms.